The summed E-state index contributed by atoms with van der Waals surface area (Å²) in [5.74, 6) is 0.355. The van der Waals surface area contributed by atoms with Gasteiger partial charge in [0.1, 0.15) is 4.90 Å². The van der Waals surface area contributed by atoms with Crippen LogP contribution in [0.5, 0.6) is 0 Å². The van der Waals surface area contributed by atoms with E-state index in [0.29, 0.717) is 23.9 Å². The van der Waals surface area contributed by atoms with E-state index in [-0.39, 0.29) is 11.4 Å². The Morgan fingerprint density at radius 3 is 2.50 bits per heavy atom. The van der Waals surface area contributed by atoms with Gasteiger partial charge in [0.05, 0.1) is 11.4 Å². The average molecular weight is 274 g/mol. The highest BCUT2D eigenvalue weighted by Crippen LogP contribution is 2.17. The Morgan fingerprint density at radius 2 is 2.00 bits per heavy atom. The number of rotatable bonds is 7. The monoisotopic (exact) mass is 274 g/mol. The Balaban J connectivity index is 2.89. The van der Waals surface area contributed by atoms with Crippen LogP contribution in [0.3, 0.4) is 0 Å². The third-order valence-electron chi connectivity index (χ3n) is 3.14. The van der Waals surface area contributed by atoms with Crippen molar-refractivity contribution in [2.45, 2.75) is 45.1 Å². The lowest BCUT2D eigenvalue weighted by Gasteiger charge is -2.13. The minimum absolute atomic E-state index is 0.103. The fourth-order valence-corrected chi connectivity index (χ4v) is 3.33. The predicted octanol–water partition coefficient (Wildman–Crippen LogP) is 0.891. The molecule has 0 aliphatic rings. The molecular weight excluding hydrogens is 252 g/mol. The molecule has 1 heterocycles. The second kappa shape index (κ2) is 6.31. The predicted molar refractivity (Wildman–Crippen MR) is 70.5 cm³/mol. The van der Waals surface area contributed by atoms with Crippen molar-refractivity contribution in [3.05, 3.63) is 11.4 Å². The molecule has 0 aliphatic carbocycles. The highest BCUT2D eigenvalue weighted by molar-refractivity contribution is 7.89. The van der Waals surface area contributed by atoms with E-state index in [4.69, 9.17) is 5.73 Å². The minimum Gasteiger partial charge on any atom is -0.325 e. The van der Waals surface area contributed by atoms with Crippen LogP contribution in [-0.2, 0) is 16.6 Å². The molecule has 0 fully saturated rings. The number of H-pyrrole nitrogens is 1. The molecule has 0 saturated carbocycles. The Labute approximate surface area is 108 Å². The van der Waals surface area contributed by atoms with Crippen molar-refractivity contribution in [1.82, 2.24) is 14.9 Å². The maximum absolute atomic E-state index is 12.2. The third-order valence-corrected chi connectivity index (χ3v) is 4.77. The van der Waals surface area contributed by atoms with Crippen LogP contribution in [0.25, 0.3) is 0 Å². The fraction of sp³-hybridized carbons (Fsp3) is 0.727. The number of aryl methyl sites for hydroxylation is 1. The van der Waals surface area contributed by atoms with Crippen molar-refractivity contribution in [2.75, 3.05) is 6.54 Å². The van der Waals surface area contributed by atoms with E-state index < -0.39 is 10.0 Å². The summed E-state index contributed by atoms with van der Waals surface area (Å²) >= 11 is 0. The molecule has 6 nitrogen and oxygen atoms in total. The van der Waals surface area contributed by atoms with E-state index in [1.165, 1.54) is 0 Å². The molecule has 4 N–H and O–H groups in total. The summed E-state index contributed by atoms with van der Waals surface area (Å²) < 4.78 is 27.0. The summed E-state index contributed by atoms with van der Waals surface area (Å²) in [5.41, 5.74) is 6.39. The number of sulfonamides is 1. The first kappa shape index (κ1) is 15.1. The van der Waals surface area contributed by atoms with Crippen molar-refractivity contribution < 1.29 is 8.42 Å². The van der Waals surface area contributed by atoms with Gasteiger partial charge >= 0.3 is 0 Å². The van der Waals surface area contributed by atoms with Gasteiger partial charge in [-0.05, 0) is 12.8 Å². The van der Waals surface area contributed by atoms with Gasteiger partial charge in [-0.25, -0.2) is 13.1 Å². The molecule has 0 radical (unpaired) electrons. The molecular formula is C11H22N4O2S. The normalized spacial score (nSPS) is 12.3. The summed E-state index contributed by atoms with van der Waals surface area (Å²) in [7, 11) is -3.53. The van der Waals surface area contributed by atoms with E-state index in [2.05, 4.69) is 28.8 Å². The van der Waals surface area contributed by atoms with Gasteiger partial charge in [-0.1, -0.05) is 26.7 Å². The number of hydrogen-bond donors (Lipinski definition) is 3. The van der Waals surface area contributed by atoms with Crippen LogP contribution in [0, 0.1) is 12.8 Å². The number of nitrogens with one attached hydrogen (secondary N) is 2. The molecule has 104 valence electrons. The Kier molecular flexibility index (Phi) is 5.30. The quantitative estimate of drug-likeness (QED) is 0.687. The van der Waals surface area contributed by atoms with Crippen molar-refractivity contribution in [1.29, 1.82) is 0 Å². The molecule has 0 bridgehead atoms. The van der Waals surface area contributed by atoms with E-state index >= 15 is 0 Å². The summed E-state index contributed by atoms with van der Waals surface area (Å²) in [6.07, 6.45) is 1.90. The molecule has 7 heteroatoms. The molecule has 0 aromatic carbocycles. The highest BCUT2D eigenvalue weighted by atomic mass is 32.2. The molecule has 0 amide bonds. The minimum atomic E-state index is -3.53. The van der Waals surface area contributed by atoms with Crippen LogP contribution in [0.2, 0.25) is 0 Å². The van der Waals surface area contributed by atoms with Crippen LogP contribution in [0.4, 0.5) is 0 Å². The van der Waals surface area contributed by atoms with Gasteiger partial charge in [0.15, 0.2) is 0 Å². The van der Waals surface area contributed by atoms with Crippen molar-refractivity contribution >= 4 is 10.0 Å². The molecule has 0 saturated heterocycles. The first-order valence-electron chi connectivity index (χ1n) is 6.19. The molecule has 1 rings (SSSR count). The topological polar surface area (TPSA) is 101 Å². The number of nitrogens with two attached hydrogens (primary N) is 1. The Bertz CT molecular complexity index is 477. The summed E-state index contributed by atoms with van der Waals surface area (Å²) in [5, 5.41) is 6.56. The molecule has 0 unspecified atom stereocenters. The van der Waals surface area contributed by atoms with Gasteiger partial charge < -0.3 is 5.73 Å². The van der Waals surface area contributed by atoms with Gasteiger partial charge in [0.2, 0.25) is 10.0 Å². The van der Waals surface area contributed by atoms with Crippen LogP contribution in [-0.4, -0.2) is 25.2 Å². The lowest BCUT2D eigenvalue weighted by molar-refractivity contribution is 0.478. The van der Waals surface area contributed by atoms with E-state index in [9.17, 15) is 8.42 Å². The van der Waals surface area contributed by atoms with Gasteiger partial charge in [-0.2, -0.15) is 5.10 Å². The number of aromatic nitrogens is 2. The third kappa shape index (κ3) is 3.30. The zero-order chi connectivity index (χ0) is 13.8. The van der Waals surface area contributed by atoms with Gasteiger partial charge in [0.25, 0.3) is 0 Å². The van der Waals surface area contributed by atoms with Crippen LogP contribution < -0.4 is 10.5 Å². The van der Waals surface area contributed by atoms with Crippen molar-refractivity contribution in [3.8, 4) is 0 Å². The van der Waals surface area contributed by atoms with Crippen LogP contribution in [0.1, 0.15) is 38.1 Å². The SMILES string of the molecule is CCC(CC)CNS(=O)(=O)c1c(CN)n[nH]c1C. The zero-order valence-corrected chi connectivity index (χ0v) is 12.0. The first-order valence-corrected chi connectivity index (χ1v) is 7.68. The molecule has 1 aromatic rings. The maximum atomic E-state index is 12.2. The lowest BCUT2D eigenvalue weighted by atomic mass is 10.0. The maximum Gasteiger partial charge on any atom is 0.244 e. The molecule has 0 atom stereocenters. The van der Waals surface area contributed by atoms with Gasteiger partial charge in [0, 0.05) is 13.1 Å². The Hall–Kier alpha value is -0.920. The second-order valence-corrected chi connectivity index (χ2v) is 6.07. The van der Waals surface area contributed by atoms with Crippen LogP contribution >= 0.6 is 0 Å². The summed E-state index contributed by atoms with van der Waals surface area (Å²) in [6, 6.07) is 0. The van der Waals surface area contributed by atoms with E-state index in [0.717, 1.165) is 12.8 Å². The smallest absolute Gasteiger partial charge is 0.244 e. The summed E-state index contributed by atoms with van der Waals surface area (Å²) in [4.78, 5) is 0.191. The van der Waals surface area contributed by atoms with Crippen molar-refractivity contribution in [2.24, 2.45) is 11.7 Å². The highest BCUT2D eigenvalue weighted by Gasteiger charge is 2.23. The second-order valence-electron chi connectivity index (χ2n) is 4.36. The van der Waals surface area contributed by atoms with E-state index in [1.54, 1.807) is 6.92 Å². The Morgan fingerprint density at radius 1 is 1.39 bits per heavy atom. The fourth-order valence-electron chi connectivity index (χ4n) is 1.84. The number of aromatic amines is 1. The largest absolute Gasteiger partial charge is 0.325 e. The lowest BCUT2D eigenvalue weighted by Crippen LogP contribution is -2.30. The number of nitrogens with zero attached hydrogens (tertiary/aromatic N) is 1. The zero-order valence-electron chi connectivity index (χ0n) is 11.2. The number of hydrogen-bond acceptors (Lipinski definition) is 4. The molecule has 1 aromatic heterocycles. The first-order chi connectivity index (χ1) is 8.46. The van der Waals surface area contributed by atoms with Crippen molar-refractivity contribution in [3.63, 3.8) is 0 Å². The van der Waals surface area contributed by atoms with Crippen LogP contribution in [0.15, 0.2) is 4.90 Å². The molecule has 0 spiro atoms. The van der Waals surface area contributed by atoms with Gasteiger partial charge in [-0.15, -0.1) is 0 Å². The standard InChI is InChI=1S/C11H22N4O2S/c1-4-9(5-2)7-13-18(16,17)11-8(3)14-15-10(11)6-12/h9,13H,4-7,12H2,1-3H3,(H,14,15). The molecule has 18 heavy (non-hydrogen) atoms. The molecule has 0 aliphatic heterocycles. The summed E-state index contributed by atoms with van der Waals surface area (Å²) in [6.45, 7) is 6.33. The van der Waals surface area contributed by atoms with Gasteiger partial charge in [-0.3, -0.25) is 5.10 Å². The van der Waals surface area contributed by atoms with E-state index in [1.807, 2.05) is 0 Å². The average Bonchev–Trinajstić information content (AvgIpc) is 2.72.